The van der Waals surface area contributed by atoms with Gasteiger partial charge in [0, 0.05) is 6.04 Å². The third kappa shape index (κ3) is 5.95. The Balaban J connectivity index is 1.52. The molecule has 1 saturated carbocycles. The van der Waals surface area contributed by atoms with Crippen molar-refractivity contribution in [2.24, 2.45) is 5.41 Å². The van der Waals surface area contributed by atoms with E-state index in [1.54, 1.807) is 0 Å². The number of rotatable bonds is 11. The number of benzene rings is 2. The number of anilines is 1. The number of carbonyl (C=O) groups excluding carboxylic acids is 1. The smallest absolute Gasteiger partial charge is 0.265 e. The summed E-state index contributed by atoms with van der Waals surface area (Å²) in [6.07, 6.45) is 3.04. The number of halogens is 1. The van der Waals surface area contributed by atoms with Gasteiger partial charge in [0.15, 0.2) is 0 Å². The average Bonchev–Trinajstić information content (AvgIpc) is 3.36. The molecule has 1 amide bonds. The summed E-state index contributed by atoms with van der Waals surface area (Å²) in [6.45, 7) is 3.12. The van der Waals surface area contributed by atoms with E-state index in [1.165, 1.54) is 0 Å². The zero-order chi connectivity index (χ0) is 26.8. The summed E-state index contributed by atoms with van der Waals surface area (Å²) in [5.74, 6) is -1.62. The van der Waals surface area contributed by atoms with Crippen molar-refractivity contribution in [3.8, 4) is 6.07 Å². The zero-order valence-corrected chi connectivity index (χ0v) is 22.2. The molecule has 2 aliphatic heterocycles. The number of sulfonamides is 1. The summed E-state index contributed by atoms with van der Waals surface area (Å²) in [6, 6.07) is 13.6. The first-order valence-corrected chi connectivity index (χ1v) is 13.8. The minimum Gasteiger partial charge on any atom is -0.379 e. The van der Waals surface area contributed by atoms with Crippen LogP contribution < -0.4 is 10.0 Å². The van der Waals surface area contributed by atoms with Crippen LogP contribution in [0.2, 0.25) is 0 Å². The quantitative estimate of drug-likeness (QED) is 0.460. The largest absolute Gasteiger partial charge is 0.379 e. The lowest BCUT2D eigenvalue weighted by molar-refractivity contribution is -0.143. The van der Waals surface area contributed by atoms with Crippen LogP contribution in [0, 0.1) is 22.6 Å². The molecule has 0 unspecified atom stereocenters. The van der Waals surface area contributed by atoms with Gasteiger partial charge in [0.05, 0.1) is 22.8 Å². The molecule has 0 radical (unpaired) electrons. The van der Waals surface area contributed by atoms with Crippen LogP contribution in [-0.4, -0.2) is 58.1 Å². The third-order valence-corrected chi connectivity index (χ3v) is 8.46. The fourth-order valence-electron chi connectivity index (χ4n) is 5.21. The van der Waals surface area contributed by atoms with Crippen LogP contribution in [-0.2, 0) is 26.0 Å². The number of hydrogen-bond donors (Lipinski definition) is 2. The van der Waals surface area contributed by atoms with E-state index in [9.17, 15) is 18.5 Å². The Morgan fingerprint density at radius 1 is 1.22 bits per heavy atom. The Hall–Kier alpha value is -3.00. The van der Waals surface area contributed by atoms with Gasteiger partial charge in [-0.05, 0) is 75.9 Å². The molecule has 0 spiro atoms. The maximum absolute atomic E-state index is 15.3. The van der Waals surface area contributed by atoms with Crippen molar-refractivity contribution < 1.29 is 22.3 Å². The first kappa shape index (κ1) is 27.0. The molecule has 8 nitrogen and oxygen atoms in total. The van der Waals surface area contributed by atoms with E-state index < -0.39 is 32.2 Å². The molecule has 0 aromatic heterocycles. The molecule has 3 aliphatic rings. The van der Waals surface area contributed by atoms with Gasteiger partial charge in [0.2, 0.25) is 0 Å². The molecule has 2 bridgehead atoms. The zero-order valence-electron chi connectivity index (χ0n) is 21.4. The Kier molecular flexibility index (Phi) is 7.60. The molecular formula is C27H33FN4O4S. The van der Waals surface area contributed by atoms with Crippen LogP contribution in [0.3, 0.4) is 0 Å². The molecule has 2 saturated heterocycles. The lowest BCUT2D eigenvalue weighted by atomic mass is 9.63. The summed E-state index contributed by atoms with van der Waals surface area (Å²) in [7, 11) is -0.507. The molecule has 3 fully saturated rings. The summed E-state index contributed by atoms with van der Waals surface area (Å²) in [5, 5.41) is 12.9. The van der Waals surface area contributed by atoms with E-state index in [1.807, 2.05) is 67.0 Å². The van der Waals surface area contributed by atoms with Crippen molar-refractivity contribution in [1.29, 1.82) is 5.26 Å². The van der Waals surface area contributed by atoms with Gasteiger partial charge < -0.3 is 15.0 Å². The fourth-order valence-corrected chi connectivity index (χ4v) is 6.29. The van der Waals surface area contributed by atoms with Crippen LogP contribution in [0.1, 0.15) is 43.7 Å². The van der Waals surface area contributed by atoms with Gasteiger partial charge in [-0.25, -0.2) is 17.5 Å². The summed E-state index contributed by atoms with van der Waals surface area (Å²) in [5.41, 5.74) is -0.308. The molecule has 2 aromatic rings. The molecule has 10 heteroatoms. The Morgan fingerprint density at radius 2 is 1.92 bits per heavy atom. The highest BCUT2D eigenvalue weighted by atomic mass is 32.2. The van der Waals surface area contributed by atoms with Gasteiger partial charge in [0.1, 0.15) is 17.5 Å². The molecule has 198 valence electrons. The third-order valence-electron chi connectivity index (χ3n) is 7.15. The molecule has 1 atom stereocenters. The number of fused-ring (bicyclic) bond motifs is 1. The van der Waals surface area contributed by atoms with E-state index in [2.05, 4.69) is 5.32 Å². The Labute approximate surface area is 217 Å². The van der Waals surface area contributed by atoms with Crippen molar-refractivity contribution in [3.05, 3.63) is 59.4 Å². The highest BCUT2D eigenvalue weighted by Crippen LogP contribution is 2.57. The maximum Gasteiger partial charge on any atom is 0.265 e. The average molecular weight is 529 g/mol. The number of nitriles is 1. The normalized spacial score (nSPS) is 23.2. The van der Waals surface area contributed by atoms with Gasteiger partial charge in [-0.1, -0.05) is 37.3 Å². The van der Waals surface area contributed by atoms with E-state index >= 15 is 4.39 Å². The highest BCUT2D eigenvalue weighted by Gasteiger charge is 2.64. The lowest BCUT2D eigenvalue weighted by Gasteiger charge is -2.40. The second-order valence-electron chi connectivity index (χ2n) is 10.8. The van der Waals surface area contributed by atoms with Crippen molar-refractivity contribution >= 4 is 21.6 Å². The number of nitrogens with one attached hydrogen (secondary N) is 2. The van der Waals surface area contributed by atoms with E-state index in [0.29, 0.717) is 32.3 Å². The SMILES string of the molecule is CN(C)CC[C@H](CCc1ccccc1)Nc1c(F)cc(S(=O)(=O)NC(=O)C23CC(C)(CO2)C3)cc1C#N. The van der Waals surface area contributed by atoms with Crippen molar-refractivity contribution in [3.63, 3.8) is 0 Å². The topological polar surface area (TPSA) is 112 Å². The van der Waals surface area contributed by atoms with Gasteiger partial charge in [-0.3, -0.25) is 4.79 Å². The van der Waals surface area contributed by atoms with Gasteiger partial charge in [0.25, 0.3) is 15.9 Å². The van der Waals surface area contributed by atoms with Crippen LogP contribution in [0.5, 0.6) is 0 Å². The lowest BCUT2D eigenvalue weighted by Crippen LogP contribution is -2.55. The fraction of sp³-hybridized carbons (Fsp3) is 0.481. The van der Waals surface area contributed by atoms with Crippen LogP contribution in [0.15, 0.2) is 47.4 Å². The van der Waals surface area contributed by atoms with Crippen molar-refractivity contribution in [1.82, 2.24) is 9.62 Å². The van der Waals surface area contributed by atoms with E-state index in [4.69, 9.17) is 4.74 Å². The van der Waals surface area contributed by atoms with Crippen LogP contribution >= 0.6 is 0 Å². The van der Waals surface area contributed by atoms with Gasteiger partial charge in [-0.15, -0.1) is 0 Å². The minimum absolute atomic E-state index is 0.0444. The van der Waals surface area contributed by atoms with Gasteiger partial charge >= 0.3 is 0 Å². The van der Waals surface area contributed by atoms with E-state index in [-0.39, 0.29) is 22.7 Å². The standard InChI is InChI=1S/C27H33FN4O4S/c1-26-16-27(17-26,36-18-26)25(33)31-37(34,35)22-13-20(15-29)24(23(28)14-22)30-21(11-12-32(2)3)10-9-19-7-5-4-6-8-19/h4-8,13-14,21,30H,9-12,16-18H2,1-3H3,(H,31,33)/t21-,26?,27?/m0/s1. The minimum atomic E-state index is -4.40. The second kappa shape index (κ2) is 10.4. The first-order valence-electron chi connectivity index (χ1n) is 12.4. The van der Waals surface area contributed by atoms with Crippen LogP contribution in [0.4, 0.5) is 10.1 Å². The molecule has 5 rings (SSSR count). The van der Waals surface area contributed by atoms with Crippen molar-refractivity contribution in [2.75, 3.05) is 32.6 Å². The highest BCUT2D eigenvalue weighted by molar-refractivity contribution is 7.90. The Morgan fingerprint density at radius 3 is 2.51 bits per heavy atom. The number of carbonyl (C=O) groups is 1. The number of hydrogen-bond acceptors (Lipinski definition) is 7. The summed E-state index contributed by atoms with van der Waals surface area (Å²) in [4.78, 5) is 14.3. The predicted octanol–water partition coefficient (Wildman–Crippen LogP) is 3.44. The summed E-state index contributed by atoms with van der Waals surface area (Å²) < 4.78 is 48.8. The number of amides is 1. The summed E-state index contributed by atoms with van der Waals surface area (Å²) >= 11 is 0. The molecule has 2 heterocycles. The molecular weight excluding hydrogens is 495 g/mol. The van der Waals surface area contributed by atoms with Crippen LogP contribution in [0.25, 0.3) is 0 Å². The number of aryl methyl sites for hydroxylation is 1. The number of nitrogens with zero attached hydrogens (tertiary/aromatic N) is 2. The van der Waals surface area contributed by atoms with Crippen molar-refractivity contribution in [2.45, 2.75) is 55.6 Å². The maximum atomic E-state index is 15.3. The monoisotopic (exact) mass is 528 g/mol. The molecule has 2 aromatic carbocycles. The predicted molar refractivity (Wildman–Crippen MR) is 138 cm³/mol. The van der Waals surface area contributed by atoms with E-state index in [0.717, 1.165) is 30.7 Å². The van der Waals surface area contributed by atoms with Gasteiger partial charge in [-0.2, -0.15) is 5.26 Å². The second-order valence-corrected chi connectivity index (χ2v) is 12.5. The molecule has 37 heavy (non-hydrogen) atoms. The number of ether oxygens (including phenoxy) is 1. The first-order chi connectivity index (χ1) is 17.5. The molecule has 1 aliphatic carbocycles. The Bertz CT molecular complexity index is 1300. The molecule has 2 N–H and O–H groups in total.